The van der Waals surface area contributed by atoms with Gasteiger partial charge in [-0.1, -0.05) is 24.3 Å². The van der Waals surface area contributed by atoms with E-state index in [1.807, 2.05) is 6.07 Å². The zero-order valence-electron chi connectivity index (χ0n) is 9.05. The van der Waals surface area contributed by atoms with Crippen LogP contribution in [0.25, 0.3) is 5.57 Å². The van der Waals surface area contributed by atoms with Crippen molar-refractivity contribution >= 4 is 15.4 Å². The van der Waals surface area contributed by atoms with Crippen molar-refractivity contribution in [3.63, 3.8) is 0 Å². The van der Waals surface area contributed by atoms with Gasteiger partial charge in [-0.15, -0.1) is 0 Å². The lowest BCUT2D eigenvalue weighted by Gasteiger charge is -2.19. The zero-order valence-corrected chi connectivity index (χ0v) is 9.87. The fraction of sp³-hybridized carbons (Fsp3) is 0.333. The summed E-state index contributed by atoms with van der Waals surface area (Å²) in [4.78, 5) is 0.383. The Morgan fingerprint density at radius 1 is 1.38 bits per heavy atom. The molecule has 1 aliphatic heterocycles. The maximum absolute atomic E-state index is 11.8. The third-order valence-electron chi connectivity index (χ3n) is 2.65. The molecule has 0 amide bonds. The second-order valence-corrected chi connectivity index (χ2v) is 6.08. The third-order valence-corrected chi connectivity index (χ3v) is 4.42. The summed E-state index contributed by atoms with van der Waals surface area (Å²) < 4.78 is 23.6. The van der Waals surface area contributed by atoms with Crippen LogP contribution in [0, 0.1) is 0 Å². The molecule has 0 saturated carbocycles. The molecule has 2 rings (SSSR count). The molecule has 0 aliphatic carbocycles. The minimum Gasteiger partial charge on any atom is -0.389 e. The first-order valence-electron chi connectivity index (χ1n) is 5.21. The lowest BCUT2D eigenvalue weighted by Crippen LogP contribution is -2.16. The molecule has 1 unspecified atom stereocenters. The summed E-state index contributed by atoms with van der Waals surface area (Å²) in [6.07, 6.45) is 1.64. The van der Waals surface area contributed by atoms with Gasteiger partial charge in [0.05, 0.1) is 16.8 Å². The first-order chi connectivity index (χ1) is 7.50. The first kappa shape index (κ1) is 11.4. The number of benzene rings is 1. The standard InChI is InChI=1S/C12H14O3S/c1-9(13)8-10-6-7-16(14,15)12-5-3-2-4-11(10)12/h2-5,8-9,13H,6-7H2,1H3/b10-8-. The molecule has 4 heteroatoms. The summed E-state index contributed by atoms with van der Waals surface area (Å²) in [5, 5.41) is 9.33. The van der Waals surface area contributed by atoms with Gasteiger partial charge >= 0.3 is 0 Å². The molecule has 86 valence electrons. The van der Waals surface area contributed by atoms with Crippen molar-refractivity contribution in [2.45, 2.75) is 24.3 Å². The van der Waals surface area contributed by atoms with E-state index in [1.165, 1.54) is 0 Å². The van der Waals surface area contributed by atoms with Gasteiger partial charge in [-0.3, -0.25) is 0 Å². The Labute approximate surface area is 95.3 Å². The zero-order chi connectivity index (χ0) is 11.8. The molecular formula is C12H14O3S. The van der Waals surface area contributed by atoms with Crippen LogP contribution in [0.15, 0.2) is 35.2 Å². The fourth-order valence-corrected chi connectivity index (χ4v) is 3.48. The molecule has 1 atom stereocenters. The minimum absolute atomic E-state index is 0.128. The smallest absolute Gasteiger partial charge is 0.179 e. The normalized spacial score (nSPS) is 22.8. The predicted molar refractivity (Wildman–Crippen MR) is 62.8 cm³/mol. The van der Waals surface area contributed by atoms with Gasteiger partial charge < -0.3 is 5.11 Å². The van der Waals surface area contributed by atoms with E-state index >= 15 is 0 Å². The largest absolute Gasteiger partial charge is 0.389 e. The molecule has 1 heterocycles. The Morgan fingerprint density at radius 3 is 2.75 bits per heavy atom. The maximum atomic E-state index is 11.8. The highest BCUT2D eigenvalue weighted by molar-refractivity contribution is 7.91. The Kier molecular flexibility index (Phi) is 2.86. The summed E-state index contributed by atoms with van der Waals surface area (Å²) in [6, 6.07) is 6.96. The number of allylic oxidation sites excluding steroid dienone is 1. The number of aliphatic hydroxyl groups excluding tert-OH is 1. The predicted octanol–water partition coefficient (Wildman–Crippen LogP) is 1.63. The van der Waals surface area contributed by atoms with E-state index in [0.29, 0.717) is 11.3 Å². The minimum atomic E-state index is -3.13. The molecule has 1 aliphatic rings. The van der Waals surface area contributed by atoms with Crippen LogP contribution < -0.4 is 0 Å². The number of sulfone groups is 1. The van der Waals surface area contributed by atoms with Crippen molar-refractivity contribution in [1.82, 2.24) is 0 Å². The Bertz CT molecular complexity index is 527. The van der Waals surface area contributed by atoms with E-state index in [9.17, 15) is 13.5 Å². The number of fused-ring (bicyclic) bond motifs is 1. The van der Waals surface area contributed by atoms with Gasteiger partial charge in [-0.25, -0.2) is 8.42 Å². The Balaban J connectivity index is 2.61. The number of rotatable bonds is 1. The molecule has 1 N–H and O–H groups in total. The van der Waals surface area contributed by atoms with Crippen molar-refractivity contribution in [2.75, 3.05) is 5.75 Å². The molecule has 0 spiro atoms. The number of hydrogen-bond donors (Lipinski definition) is 1. The van der Waals surface area contributed by atoms with Gasteiger partial charge in [-0.05, 0) is 30.5 Å². The van der Waals surface area contributed by atoms with Gasteiger partial charge in [0.1, 0.15) is 0 Å². The van der Waals surface area contributed by atoms with Gasteiger partial charge in [-0.2, -0.15) is 0 Å². The average Bonchev–Trinajstić information content (AvgIpc) is 2.23. The van der Waals surface area contributed by atoms with Crippen molar-refractivity contribution in [2.24, 2.45) is 0 Å². The van der Waals surface area contributed by atoms with E-state index in [4.69, 9.17) is 0 Å². The Hall–Kier alpha value is -1.13. The highest BCUT2D eigenvalue weighted by atomic mass is 32.2. The van der Waals surface area contributed by atoms with E-state index in [2.05, 4.69) is 0 Å². The van der Waals surface area contributed by atoms with Gasteiger partial charge in [0.2, 0.25) is 0 Å². The summed E-state index contributed by atoms with van der Waals surface area (Å²) in [6.45, 7) is 1.67. The molecule has 1 aromatic rings. The first-order valence-corrected chi connectivity index (χ1v) is 6.87. The molecule has 0 aromatic heterocycles. The van der Waals surface area contributed by atoms with Crippen LogP contribution in [-0.4, -0.2) is 25.4 Å². The highest BCUT2D eigenvalue weighted by Gasteiger charge is 2.25. The quantitative estimate of drug-likeness (QED) is 0.809. The summed E-state index contributed by atoms with van der Waals surface area (Å²) in [5.74, 6) is 0.128. The molecule has 3 nitrogen and oxygen atoms in total. The van der Waals surface area contributed by atoms with E-state index in [-0.39, 0.29) is 5.75 Å². The fourth-order valence-electron chi connectivity index (χ4n) is 1.96. The highest BCUT2D eigenvalue weighted by Crippen LogP contribution is 2.32. The summed E-state index contributed by atoms with van der Waals surface area (Å²) in [7, 11) is -3.13. The van der Waals surface area contributed by atoms with Crippen molar-refractivity contribution in [3.8, 4) is 0 Å². The number of aliphatic hydroxyl groups is 1. The maximum Gasteiger partial charge on any atom is 0.179 e. The second kappa shape index (κ2) is 4.03. The van der Waals surface area contributed by atoms with Crippen LogP contribution in [0.4, 0.5) is 0 Å². The van der Waals surface area contributed by atoms with Gasteiger partial charge in [0.15, 0.2) is 9.84 Å². The van der Waals surface area contributed by atoms with Crippen molar-refractivity contribution in [1.29, 1.82) is 0 Å². The summed E-state index contributed by atoms with van der Waals surface area (Å²) >= 11 is 0. The van der Waals surface area contributed by atoms with Gasteiger partial charge in [0, 0.05) is 0 Å². The van der Waals surface area contributed by atoms with Crippen LogP contribution in [0.2, 0.25) is 0 Å². The second-order valence-electron chi connectivity index (χ2n) is 4.00. The lowest BCUT2D eigenvalue weighted by molar-refractivity contribution is 0.244. The number of hydrogen-bond acceptors (Lipinski definition) is 3. The van der Waals surface area contributed by atoms with Crippen LogP contribution in [0.5, 0.6) is 0 Å². The van der Waals surface area contributed by atoms with Crippen LogP contribution in [0.1, 0.15) is 18.9 Å². The van der Waals surface area contributed by atoms with Crippen LogP contribution in [0.3, 0.4) is 0 Å². The van der Waals surface area contributed by atoms with Gasteiger partial charge in [0.25, 0.3) is 0 Å². The van der Waals surface area contributed by atoms with Crippen LogP contribution >= 0.6 is 0 Å². The molecule has 0 fully saturated rings. The molecule has 0 saturated heterocycles. The molecule has 1 aromatic carbocycles. The Morgan fingerprint density at radius 2 is 2.06 bits per heavy atom. The van der Waals surface area contributed by atoms with E-state index < -0.39 is 15.9 Å². The van der Waals surface area contributed by atoms with E-state index in [1.54, 1.807) is 31.2 Å². The lowest BCUT2D eigenvalue weighted by atomic mass is 10.0. The van der Waals surface area contributed by atoms with Crippen molar-refractivity contribution in [3.05, 3.63) is 35.9 Å². The van der Waals surface area contributed by atoms with Crippen molar-refractivity contribution < 1.29 is 13.5 Å². The molecule has 16 heavy (non-hydrogen) atoms. The monoisotopic (exact) mass is 238 g/mol. The van der Waals surface area contributed by atoms with E-state index in [0.717, 1.165) is 11.1 Å². The third kappa shape index (κ3) is 2.03. The molecule has 0 radical (unpaired) electrons. The SMILES string of the molecule is CC(O)/C=C1/CCS(=O)(=O)c2ccccc21. The average molecular weight is 238 g/mol. The molecular weight excluding hydrogens is 224 g/mol. The topological polar surface area (TPSA) is 54.4 Å². The molecule has 0 bridgehead atoms. The summed E-state index contributed by atoms with van der Waals surface area (Å²) in [5.41, 5.74) is 1.65. The van der Waals surface area contributed by atoms with Crippen LogP contribution in [-0.2, 0) is 9.84 Å².